The third kappa shape index (κ3) is 4.72. The number of tetrazole rings is 1. The molecule has 0 saturated carbocycles. The Morgan fingerprint density at radius 2 is 2.35 bits per heavy atom. The predicted octanol–water partition coefficient (Wildman–Crippen LogP) is 1.27. The van der Waals surface area contributed by atoms with Crippen LogP contribution in [0, 0.1) is 0 Å². The molecule has 0 radical (unpaired) electrons. The average molecular weight is 258 g/mol. The maximum Gasteiger partial charge on any atom is 0.307 e. The number of hydrogen-bond acceptors (Lipinski definition) is 6. The minimum Gasteiger partial charge on any atom is -0.457 e. The van der Waals surface area contributed by atoms with Gasteiger partial charge in [-0.15, -0.1) is 5.10 Å². The van der Waals surface area contributed by atoms with E-state index >= 15 is 0 Å². The molecule has 0 saturated heterocycles. The van der Waals surface area contributed by atoms with Crippen molar-refractivity contribution >= 4 is 17.7 Å². The Labute approximate surface area is 105 Å². The van der Waals surface area contributed by atoms with Crippen molar-refractivity contribution in [2.75, 3.05) is 6.26 Å². The summed E-state index contributed by atoms with van der Waals surface area (Å²) in [4.78, 5) is 11.5. The van der Waals surface area contributed by atoms with E-state index in [1.54, 1.807) is 16.4 Å². The van der Waals surface area contributed by atoms with Crippen molar-refractivity contribution in [2.24, 2.45) is 0 Å². The number of hydrogen-bond donors (Lipinski definition) is 0. The number of carbonyl (C=O) groups is 1. The Kier molecular flexibility index (Phi) is 5.96. The molecule has 1 aromatic rings. The number of aryl methyl sites for hydroxylation is 1. The summed E-state index contributed by atoms with van der Waals surface area (Å²) in [6, 6.07) is 0. The number of ether oxygens (including phenoxy) is 1. The number of esters is 1. The first-order valence-electron chi connectivity index (χ1n) is 5.60. The predicted molar refractivity (Wildman–Crippen MR) is 65.5 cm³/mol. The van der Waals surface area contributed by atoms with E-state index in [4.69, 9.17) is 4.74 Å². The van der Waals surface area contributed by atoms with Gasteiger partial charge in [-0.2, -0.15) is 11.8 Å². The van der Waals surface area contributed by atoms with E-state index in [1.165, 1.54) is 0 Å². The molecule has 7 heteroatoms. The molecule has 1 atom stereocenters. The molecule has 17 heavy (non-hydrogen) atoms. The van der Waals surface area contributed by atoms with Gasteiger partial charge in [0.25, 0.3) is 0 Å². The van der Waals surface area contributed by atoms with E-state index in [1.807, 2.05) is 20.1 Å². The van der Waals surface area contributed by atoms with Crippen LogP contribution in [0.5, 0.6) is 0 Å². The molecule has 0 aliphatic heterocycles. The van der Waals surface area contributed by atoms with Gasteiger partial charge in [0.2, 0.25) is 0 Å². The van der Waals surface area contributed by atoms with E-state index in [2.05, 4.69) is 15.5 Å². The molecule has 96 valence electrons. The molecule has 0 aromatic carbocycles. The Morgan fingerprint density at radius 3 is 3.00 bits per heavy atom. The first kappa shape index (κ1) is 14.0. The van der Waals surface area contributed by atoms with E-state index in [0.29, 0.717) is 12.2 Å². The first-order valence-corrected chi connectivity index (χ1v) is 6.89. The van der Waals surface area contributed by atoms with E-state index < -0.39 is 0 Å². The lowest BCUT2D eigenvalue weighted by atomic mass is 10.3. The van der Waals surface area contributed by atoms with Gasteiger partial charge in [-0.05, 0) is 23.1 Å². The van der Waals surface area contributed by atoms with Crippen LogP contribution in [0.1, 0.15) is 32.5 Å². The quantitative estimate of drug-likeness (QED) is 0.686. The van der Waals surface area contributed by atoms with Gasteiger partial charge < -0.3 is 4.74 Å². The lowest BCUT2D eigenvalue weighted by Crippen LogP contribution is -2.13. The van der Waals surface area contributed by atoms with Crippen molar-refractivity contribution in [3.05, 3.63) is 5.82 Å². The highest BCUT2D eigenvalue weighted by Crippen LogP contribution is 2.10. The van der Waals surface area contributed by atoms with Crippen LogP contribution in [0.4, 0.5) is 0 Å². The highest BCUT2D eigenvalue weighted by molar-refractivity contribution is 7.99. The molecule has 1 aromatic heterocycles. The third-order valence-electron chi connectivity index (χ3n) is 2.26. The van der Waals surface area contributed by atoms with Gasteiger partial charge in [-0.1, -0.05) is 13.8 Å². The molecular formula is C10H18N4O2S. The zero-order valence-corrected chi connectivity index (χ0v) is 11.2. The summed E-state index contributed by atoms with van der Waals surface area (Å²) in [7, 11) is 0. The molecule has 0 bridgehead atoms. The standard InChI is InChI=1S/C10H18N4O2S/c1-4-5-14-9(11-12-13-14)7-16-10(15)6-8(2)17-3/h8H,4-7H2,1-3H3/t8-/m1/s1. The van der Waals surface area contributed by atoms with Crippen LogP contribution < -0.4 is 0 Å². The number of rotatable bonds is 7. The minimum absolute atomic E-state index is 0.146. The molecular weight excluding hydrogens is 240 g/mol. The van der Waals surface area contributed by atoms with Crippen LogP contribution >= 0.6 is 11.8 Å². The van der Waals surface area contributed by atoms with Crippen molar-refractivity contribution in [1.29, 1.82) is 0 Å². The van der Waals surface area contributed by atoms with Crippen LogP contribution in [-0.4, -0.2) is 37.7 Å². The van der Waals surface area contributed by atoms with E-state index in [9.17, 15) is 4.79 Å². The van der Waals surface area contributed by atoms with Gasteiger partial charge in [-0.3, -0.25) is 4.79 Å². The van der Waals surface area contributed by atoms with Gasteiger partial charge in [0.15, 0.2) is 12.4 Å². The molecule has 1 heterocycles. The summed E-state index contributed by atoms with van der Waals surface area (Å²) in [5.74, 6) is 0.384. The second-order valence-electron chi connectivity index (χ2n) is 3.73. The molecule has 1 rings (SSSR count). The molecule has 0 unspecified atom stereocenters. The fourth-order valence-electron chi connectivity index (χ4n) is 1.23. The molecule has 0 N–H and O–H groups in total. The van der Waals surface area contributed by atoms with Crippen LogP contribution in [0.15, 0.2) is 0 Å². The van der Waals surface area contributed by atoms with Crippen molar-refractivity contribution in [2.45, 2.75) is 45.1 Å². The second kappa shape index (κ2) is 7.26. The summed E-state index contributed by atoms with van der Waals surface area (Å²) in [6.07, 6.45) is 3.33. The normalized spacial score (nSPS) is 12.4. The molecule has 0 amide bonds. The highest BCUT2D eigenvalue weighted by atomic mass is 32.2. The van der Waals surface area contributed by atoms with Gasteiger partial charge >= 0.3 is 5.97 Å². The lowest BCUT2D eigenvalue weighted by molar-refractivity contribution is -0.145. The van der Waals surface area contributed by atoms with E-state index in [0.717, 1.165) is 13.0 Å². The highest BCUT2D eigenvalue weighted by Gasteiger charge is 2.12. The summed E-state index contributed by atoms with van der Waals surface area (Å²) < 4.78 is 6.79. The van der Waals surface area contributed by atoms with Crippen LogP contribution in [0.3, 0.4) is 0 Å². The smallest absolute Gasteiger partial charge is 0.307 e. The first-order chi connectivity index (χ1) is 8.17. The monoisotopic (exact) mass is 258 g/mol. The maximum atomic E-state index is 11.5. The zero-order chi connectivity index (χ0) is 12.7. The lowest BCUT2D eigenvalue weighted by Gasteiger charge is -2.08. The molecule has 0 spiro atoms. The van der Waals surface area contributed by atoms with Gasteiger partial charge in [-0.25, -0.2) is 4.68 Å². The average Bonchev–Trinajstić information content (AvgIpc) is 2.74. The van der Waals surface area contributed by atoms with Gasteiger partial charge in [0.1, 0.15) is 0 Å². The summed E-state index contributed by atoms with van der Waals surface area (Å²) in [5, 5.41) is 11.5. The summed E-state index contributed by atoms with van der Waals surface area (Å²) >= 11 is 1.64. The largest absolute Gasteiger partial charge is 0.457 e. The van der Waals surface area contributed by atoms with Crippen molar-refractivity contribution in [3.8, 4) is 0 Å². The van der Waals surface area contributed by atoms with Gasteiger partial charge in [0, 0.05) is 11.8 Å². The summed E-state index contributed by atoms with van der Waals surface area (Å²) in [6.45, 7) is 4.92. The molecule has 6 nitrogen and oxygen atoms in total. The SMILES string of the molecule is CCCn1nnnc1COC(=O)C[C@@H](C)SC. The second-order valence-corrected chi connectivity index (χ2v) is 5.01. The molecule has 0 aliphatic carbocycles. The summed E-state index contributed by atoms with van der Waals surface area (Å²) in [5.41, 5.74) is 0. The number of aromatic nitrogens is 4. The van der Waals surface area contributed by atoms with Crippen LogP contribution in [-0.2, 0) is 22.7 Å². The fraction of sp³-hybridized carbons (Fsp3) is 0.800. The zero-order valence-electron chi connectivity index (χ0n) is 10.4. The van der Waals surface area contributed by atoms with Crippen molar-refractivity contribution < 1.29 is 9.53 Å². The molecule has 0 fully saturated rings. The molecule has 0 aliphatic rings. The topological polar surface area (TPSA) is 69.9 Å². The Bertz CT molecular complexity index is 356. The number of nitrogens with zero attached hydrogens (tertiary/aromatic N) is 4. The Balaban J connectivity index is 2.39. The van der Waals surface area contributed by atoms with Crippen LogP contribution in [0.25, 0.3) is 0 Å². The maximum absolute atomic E-state index is 11.5. The minimum atomic E-state index is -0.210. The van der Waals surface area contributed by atoms with E-state index in [-0.39, 0.29) is 17.8 Å². The number of carbonyl (C=O) groups excluding carboxylic acids is 1. The Morgan fingerprint density at radius 1 is 1.59 bits per heavy atom. The van der Waals surface area contributed by atoms with Crippen molar-refractivity contribution in [3.63, 3.8) is 0 Å². The fourth-order valence-corrected chi connectivity index (χ4v) is 1.54. The third-order valence-corrected chi connectivity index (χ3v) is 3.23. The van der Waals surface area contributed by atoms with Gasteiger partial charge in [0.05, 0.1) is 6.42 Å². The Hall–Kier alpha value is -1.11. The van der Waals surface area contributed by atoms with Crippen LogP contribution in [0.2, 0.25) is 0 Å². The van der Waals surface area contributed by atoms with Crippen molar-refractivity contribution in [1.82, 2.24) is 20.2 Å². The number of thioether (sulfide) groups is 1.